The molecule has 0 aromatic carbocycles. The fourth-order valence-electron chi connectivity index (χ4n) is 2.34. The Morgan fingerprint density at radius 3 is 2.39 bits per heavy atom. The Morgan fingerprint density at radius 2 is 1.94 bits per heavy atom. The van der Waals surface area contributed by atoms with E-state index in [0.717, 1.165) is 12.8 Å². The van der Waals surface area contributed by atoms with Gasteiger partial charge in [0.05, 0.1) is 11.3 Å². The molecular formula is C13H19F3N2. The van der Waals surface area contributed by atoms with Crippen LogP contribution < -0.4 is 5.73 Å². The summed E-state index contributed by atoms with van der Waals surface area (Å²) in [4.78, 5) is 3.74. The Kier molecular flexibility index (Phi) is 4.59. The van der Waals surface area contributed by atoms with E-state index in [1.54, 1.807) is 0 Å². The number of nitrogen functional groups attached to an aromatic ring is 1. The third kappa shape index (κ3) is 3.15. The van der Waals surface area contributed by atoms with Gasteiger partial charge in [0.2, 0.25) is 0 Å². The molecule has 0 radical (unpaired) electrons. The number of pyridine rings is 1. The lowest BCUT2D eigenvalue weighted by Crippen LogP contribution is -2.16. The number of rotatable bonds is 4. The first-order valence-electron chi connectivity index (χ1n) is 6.15. The molecule has 0 bridgehead atoms. The SMILES string of the molecule is CCCC(CC)c1cc(N)nc(C)c1C(F)(F)F. The minimum absolute atomic E-state index is 0.0351. The number of alkyl halides is 3. The van der Waals surface area contributed by atoms with Gasteiger partial charge in [0, 0.05) is 0 Å². The molecule has 1 rings (SSSR count). The number of aryl methyl sites for hydroxylation is 1. The molecule has 0 saturated heterocycles. The van der Waals surface area contributed by atoms with Gasteiger partial charge in [-0.15, -0.1) is 0 Å². The number of nitrogens with two attached hydrogens (primary N) is 1. The third-order valence-corrected chi connectivity index (χ3v) is 3.10. The predicted molar refractivity (Wildman–Crippen MR) is 66.3 cm³/mol. The van der Waals surface area contributed by atoms with Crippen LogP contribution in [0.1, 0.15) is 55.8 Å². The van der Waals surface area contributed by atoms with Gasteiger partial charge in [-0.25, -0.2) is 4.98 Å². The summed E-state index contributed by atoms with van der Waals surface area (Å²) in [6.07, 6.45) is -2.14. The van der Waals surface area contributed by atoms with E-state index < -0.39 is 11.7 Å². The molecule has 18 heavy (non-hydrogen) atoms. The van der Waals surface area contributed by atoms with Crippen molar-refractivity contribution in [3.63, 3.8) is 0 Å². The molecule has 0 aliphatic carbocycles. The summed E-state index contributed by atoms with van der Waals surface area (Å²) < 4.78 is 39.3. The van der Waals surface area contributed by atoms with Gasteiger partial charge in [-0.1, -0.05) is 20.3 Å². The van der Waals surface area contributed by atoms with Crippen LogP contribution in [0.3, 0.4) is 0 Å². The number of anilines is 1. The van der Waals surface area contributed by atoms with E-state index in [0.29, 0.717) is 6.42 Å². The average molecular weight is 260 g/mol. The quantitative estimate of drug-likeness (QED) is 0.877. The second kappa shape index (κ2) is 5.59. The molecule has 0 aliphatic rings. The molecule has 1 atom stereocenters. The highest BCUT2D eigenvalue weighted by Crippen LogP contribution is 2.39. The maximum Gasteiger partial charge on any atom is 0.418 e. The summed E-state index contributed by atoms with van der Waals surface area (Å²) in [5, 5.41) is 0. The van der Waals surface area contributed by atoms with Crippen LogP contribution in [0.25, 0.3) is 0 Å². The second-order valence-corrected chi connectivity index (χ2v) is 4.49. The Labute approximate surface area is 105 Å². The summed E-state index contributed by atoms with van der Waals surface area (Å²) in [6.45, 7) is 5.22. The molecule has 0 spiro atoms. The Hall–Kier alpha value is -1.26. The van der Waals surface area contributed by atoms with E-state index >= 15 is 0 Å². The number of hydrogen-bond donors (Lipinski definition) is 1. The normalized spacial score (nSPS) is 13.7. The fourth-order valence-corrected chi connectivity index (χ4v) is 2.34. The summed E-state index contributed by atoms with van der Waals surface area (Å²) in [5.41, 5.74) is 5.22. The molecule has 5 heteroatoms. The molecule has 0 fully saturated rings. The molecule has 2 nitrogen and oxygen atoms in total. The van der Waals surface area contributed by atoms with Gasteiger partial charge in [0.25, 0.3) is 0 Å². The van der Waals surface area contributed by atoms with Crippen LogP contribution >= 0.6 is 0 Å². The van der Waals surface area contributed by atoms with Crippen LogP contribution in [0.15, 0.2) is 6.07 Å². The van der Waals surface area contributed by atoms with Crippen LogP contribution in [0.2, 0.25) is 0 Å². The molecule has 1 aromatic heterocycles. The fraction of sp³-hybridized carbons (Fsp3) is 0.615. The minimum Gasteiger partial charge on any atom is -0.384 e. The highest BCUT2D eigenvalue weighted by atomic mass is 19.4. The van der Waals surface area contributed by atoms with Crippen molar-refractivity contribution in [2.24, 2.45) is 0 Å². The molecule has 0 saturated carbocycles. The van der Waals surface area contributed by atoms with E-state index in [-0.39, 0.29) is 23.0 Å². The van der Waals surface area contributed by atoms with Gasteiger partial charge in [0.15, 0.2) is 0 Å². The van der Waals surface area contributed by atoms with E-state index in [9.17, 15) is 13.2 Å². The van der Waals surface area contributed by atoms with Crippen LogP contribution in [0.5, 0.6) is 0 Å². The van der Waals surface area contributed by atoms with Crippen molar-refractivity contribution in [2.75, 3.05) is 5.73 Å². The van der Waals surface area contributed by atoms with E-state index in [4.69, 9.17) is 5.73 Å². The van der Waals surface area contributed by atoms with Crippen LogP contribution in [0.4, 0.5) is 19.0 Å². The zero-order valence-corrected chi connectivity index (χ0v) is 10.9. The maximum absolute atomic E-state index is 13.1. The number of aromatic nitrogens is 1. The number of halogens is 3. The molecule has 102 valence electrons. The predicted octanol–water partition coefficient (Wildman–Crippen LogP) is 4.28. The molecule has 1 unspecified atom stereocenters. The maximum atomic E-state index is 13.1. The van der Waals surface area contributed by atoms with Crippen molar-refractivity contribution in [3.8, 4) is 0 Å². The van der Waals surface area contributed by atoms with E-state index in [1.165, 1.54) is 13.0 Å². The van der Waals surface area contributed by atoms with Crippen molar-refractivity contribution in [1.29, 1.82) is 0 Å². The monoisotopic (exact) mass is 260 g/mol. The smallest absolute Gasteiger partial charge is 0.384 e. The largest absolute Gasteiger partial charge is 0.418 e. The van der Waals surface area contributed by atoms with Crippen LogP contribution in [-0.4, -0.2) is 4.98 Å². The molecule has 0 amide bonds. The zero-order chi connectivity index (χ0) is 13.9. The molecule has 1 aromatic rings. The van der Waals surface area contributed by atoms with Gasteiger partial charge < -0.3 is 5.73 Å². The van der Waals surface area contributed by atoms with Crippen molar-refractivity contribution < 1.29 is 13.2 Å². The standard InChI is InChI=1S/C13H19F3N2/c1-4-6-9(5-2)10-7-11(17)18-8(3)12(10)13(14,15)16/h7,9H,4-6H2,1-3H3,(H2,17,18). The average Bonchev–Trinajstić information content (AvgIpc) is 2.22. The van der Waals surface area contributed by atoms with Gasteiger partial charge in [-0.05, 0) is 37.3 Å². The van der Waals surface area contributed by atoms with E-state index in [1.807, 2.05) is 13.8 Å². The Bertz CT molecular complexity index is 413. The number of hydrogen-bond acceptors (Lipinski definition) is 2. The molecule has 2 N–H and O–H groups in total. The molecule has 0 aliphatic heterocycles. The summed E-state index contributed by atoms with van der Waals surface area (Å²) in [6, 6.07) is 1.37. The van der Waals surface area contributed by atoms with Crippen molar-refractivity contribution in [1.82, 2.24) is 4.98 Å². The highest BCUT2D eigenvalue weighted by Gasteiger charge is 2.37. The third-order valence-electron chi connectivity index (χ3n) is 3.10. The zero-order valence-electron chi connectivity index (χ0n) is 10.9. The van der Waals surface area contributed by atoms with Crippen LogP contribution in [-0.2, 0) is 6.18 Å². The summed E-state index contributed by atoms with van der Waals surface area (Å²) in [7, 11) is 0. The summed E-state index contributed by atoms with van der Waals surface area (Å²) in [5.74, 6) is 0.0423. The van der Waals surface area contributed by atoms with Gasteiger partial charge in [0.1, 0.15) is 5.82 Å². The van der Waals surface area contributed by atoms with Crippen LogP contribution in [0, 0.1) is 6.92 Å². The van der Waals surface area contributed by atoms with E-state index in [2.05, 4.69) is 4.98 Å². The topological polar surface area (TPSA) is 38.9 Å². The second-order valence-electron chi connectivity index (χ2n) is 4.49. The Balaban J connectivity index is 3.39. The first kappa shape index (κ1) is 14.8. The summed E-state index contributed by atoms with van der Waals surface area (Å²) >= 11 is 0. The minimum atomic E-state index is -4.37. The lowest BCUT2D eigenvalue weighted by atomic mass is 9.88. The number of nitrogens with zero attached hydrogens (tertiary/aromatic N) is 1. The first-order chi connectivity index (χ1) is 8.31. The first-order valence-corrected chi connectivity index (χ1v) is 6.15. The van der Waals surface area contributed by atoms with Crippen molar-refractivity contribution in [3.05, 3.63) is 22.9 Å². The molecular weight excluding hydrogens is 241 g/mol. The lowest BCUT2D eigenvalue weighted by Gasteiger charge is -2.22. The van der Waals surface area contributed by atoms with Gasteiger partial charge in [-0.2, -0.15) is 13.2 Å². The van der Waals surface area contributed by atoms with Crippen molar-refractivity contribution >= 4 is 5.82 Å². The van der Waals surface area contributed by atoms with Crippen molar-refractivity contribution in [2.45, 2.75) is 52.1 Å². The van der Waals surface area contributed by atoms with Gasteiger partial charge >= 0.3 is 6.18 Å². The lowest BCUT2D eigenvalue weighted by molar-refractivity contribution is -0.139. The van der Waals surface area contributed by atoms with Gasteiger partial charge in [-0.3, -0.25) is 0 Å². The molecule has 1 heterocycles. The Morgan fingerprint density at radius 1 is 1.33 bits per heavy atom. The highest BCUT2D eigenvalue weighted by molar-refractivity contribution is 5.44.